The lowest BCUT2D eigenvalue weighted by molar-refractivity contribution is -0.136. The maximum absolute atomic E-state index is 15.4. The molecule has 6 rings (SSSR count). The van der Waals surface area contributed by atoms with Gasteiger partial charge < -0.3 is 5.32 Å². The summed E-state index contributed by atoms with van der Waals surface area (Å²) in [6.07, 6.45) is 2.06. The van der Waals surface area contributed by atoms with Gasteiger partial charge in [0.15, 0.2) is 5.82 Å². The molecule has 11 heteroatoms. The second kappa shape index (κ2) is 8.73. The lowest BCUT2D eigenvalue weighted by Crippen LogP contribution is -2.55. The standard InChI is InChI=1S/C27H27F2N7O2/c1-14-11-17(12-15(2)23(14)28)36-25(22-16(3)30-8-7-19(22)32-36)35-10-9-34(26(37)27(35)38)21-6-5-20-18(24(21)29)13-31-33(20)4/h5-6,11-13,16,30H,7-10H2,1-4H3/t16-/m0/s1. The van der Waals surface area contributed by atoms with E-state index in [-0.39, 0.29) is 36.0 Å². The number of carbonyl (C=O) groups is 2. The van der Waals surface area contributed by atoms with E-state index in [4.69, 9.17) is 5.10 Å². The van der Waals surface area contributed by atoms with E-state index in [9.17, 15) is 14.0 Å². The molecule has 1 atom stereocenters. The van der Waals surface area contributed by atoms with Crippen LogP contribution in [0.4, 0.5) is 20.3 Å². The third kappa shape index (κ3) is 3.52. The first-order valence-corrected chi connectivity index (χ1v) is 12.5. The zero-order chi connectivity index (χ0) is 26.9. The molecule has 0 spiro atoms. The van der Waals surface area contributed by atoms with Crippen molar-refractivity contribution < 1.29 is 18.4 Å². The highest BCUT2D eigenvalue weighted by molar-refractivity contribution is 6.45. The molecule has 1 fully saturated rings. The Kier molecular flexibility index (Phi) is 5.56. The summed E-state index contributed by atoms with van der Waals surface area (Å²) in [5, 5.41) is 12.6. The number of piperazine rings is 1. The highest BCUT2D eigenvalue weighted by Crippen LogP contribution is 2.37. The largest absolute Gasteiger partial charge is 0.318 e. The Labute approximate surface area is 217 Å². The average Bonchev–Trinajstić information content (AvgIpc) is 3.47. The zero-order valence-electron chi connectivity index (χ0n) is 21.5. The smallest absolute Gasteiger partial charge is 0.310 e. The number of hydrogen-bond acceptors (Lipinski definition) is 5. The summed E-state index contributed by atoms with van der Waals surface area (Å²) in [7, 11) is 1.71. The van der Waals surface area contributed by atoms with Crippen LogP contribution in [0.3, 0.4) is 0 Å². The van der Waals surface area contributed by atoms with Crippen LogP contribution in [0.2, 0.25) is 0 Å². The minimum Gasteiger partial charge on any atom is -0.310 e. The third-order valence-electron chi connectivity index (χ3n) is 7.50. The Morgan fingerprint density at radius 2 is 1.68 bits per heavy atom. The van der Waals surface area contributed by atoms with Gasteiger partial charge in [-0.05, 0) is 56.2 Å². The molecule has 2 aromatic heterocycles. The number of rotatable bonds is 3. The van der Waals surface area contributed by atoms with Crippen molar-refractivity contribution in [2.45, 2.75) is 33.2 Å². The van der Waals surface area contributed by atoms with Crippen molar-refractivity contribution in [2.75, 3.05) is 29.4 Å². The number of nitrogens with one attached hydrogen (secondary N) is 1. The summed E-state index contributed by atoms with van der Waals surface area (Å²) in [4.78, 5) is 29.7. The Morgan fingerprint density at radius 1 is 1.00 bits per heavy atom. The number of halogens is 2. The second-order valence-corrected chi connectivity index (χ2v) is 9.93. The number of fused-ring (bicyclic) bond motifs is 2. The highest BCUT2D eigenvalue weighted by Gasteiger charge is 2.40. The second-order valence-electron chi connectivity index (χ2n) is 9.93. The quantitative estimate of drug-likeness (QED) is 0.420. The van der Waals surface area contributed by atoms with Gasteiger partial charge in [-0.3, -0.25) is 24.1 Å². The fourth-order valence-electron chi connectivity index (χ4n) is 5.54. The highest BCUT2D eigenvalue weighted by atomic mass is 19.1. The van der Waals surface area contributed by atoms with Crippen molar-refractivity contribution in [1.29, 1.82) is 0 Å². The molecule has 196 valence electrons. The molecule has 2 aromatic carbocycles. The van der Waals surface area contributed by atoms with Crippen LogP contribution >= 0.6 is 0 Å². The lowest BCUT2D eigenvalue weighted by atomic mass is 10.0. The number of hydrogen-bond donors (Lipinski definition) is 1. The molecule has 0 unspecified atom stereocenters. The van der Waals surface area contributed by atoms with E-state index in [1.165, 1.54) is 22.1 Å². The molecule has 0 radical (unpaired) electrons. The number of aryl methyl sites for hydroxylation is 3. The van der Waals surface area contributed by atoms with E-state index in [1.807, 2.05) is 6.92 Å². The number of amides is 2. The molecule has 9 nitrogen and oxygen atoms in total. The predicted octanol–water partition coefficient (Wildman–Crippen LogP) is 3.24. The Morgan fingerprint density at radius 3 is 2.42 bits per heavy atom. The van der Waals surface area contributed by atoms with Gasteiger partial charge in [0, 0.05) is 44.7 Å². The van der Waals surface area contributed by atoms with Crippen LogP contribution < -0.4 is 15.1 Å². The average molecular weight is 520 g/mol. The van der Waals surface area contributed by atoms with Gasteiger partial charge in [0.25, 0.3) is 0 Å². The third-order valence-corrected chi connectivity index (χ3v) is 7.50. The molecular formula is C27H27F2N7O2. The predicted molar refractivity (Wildman–Crippen MR) is 138 cm³/mol. The topological polar surface area (TPSA) is 88.3 Å². The van der Waals surface area contributed by atoms with Crippen LogP contribution in [0, 0.1) is 25.5 Å². The first-order chi connectivity index (χ1) is 18.2. The van der Waals surface area contributed by atoms with Crippen LogP contribution in [0.5, 0.6) is 0 Å². The maximum Gasteiger partial charge on any atom is 0.318 e. The Hall–Kier alpha value is -4.12. The van der Waals surface area contributed by atoms with Crippen molar-refractivity contribution in [2.24, 2.45) is 7.05 Å². The molecule has 38 heavy (non-hydrogen) atoms. The van der Waals surface area contributed by atoms with Gasteiger partial charge >= 0.3 is 11.8 Å². The zero-order valence-corrected chi connectivity index (χ0v) is 21.5. The van der Waals surface area contributed by atoms with E-state index in [2.05, 4.69) is 10.4 Å². The monoisotopic (exact) mass is 519 g/mol. The van der Waals surface area contributed by atoms with Gasteiger partial charge in [-0.1, -0.05) is 0 Å². The molecule has 1 saturated heterocycles. The minimum absolute atomic E-state index is 0.0406. The SMILES string of the molecule is Cc1cc(-n2nc3c(c2N2CCN(c4ccc5c(cnn5C)c4F)C(=O)C2=O)[C@H](C)NCC3)cc(C)c1F. The normalized spacial score (nSPS) is 18.0. The van der Waals surface area contributed by atoms with E-state index < -0.39 is 17.6 Å². The molecule has 4 heterocycles. The number of aromatic nitrogens is 4. The molecule has 0 aliphatic carbocycles. The van der Waals surface area contributed by atoms with Crippen LogP contribution in [-0.2, 0) is 23.1 Å². The summed E-state index contributed by atoms with van der Waals surface area (Å²) in [5.41, 5.74) is 3.80. The van der Waals surface area contributed by atoms with E-state index in [1.54, 1.807) is 48.5 Å². The van der Waals surface area contributed by atoms with Crippen LogP contribution in [0.25, 0.3) is 16.6 Å². The maximum atomic E-state index is 15.4. The summed E-state index contributed by atoms with van der Waals surface area (Å²) < 4.78 is 33.0. The molecule has 2 aliphatic heterocycles. The van der Waals surface area contributed by atoms with E-state index >= 15 is 4.39 Å². The van der Waals surface area contributed by atoms with Crippen molar-refractivity contribution in [3.8, 4) is 5.69 Å². The molecule has 2 amide bonds. The summed E-state index contributed by atoms with van der Waals surface area (Å²) in [6.45, 7) is 6.30. The van der Waals surface area contributed by atoms with Gasteiger partial charge in [-0.15, -0.1) is 0 Å². The van der Waals surface area contributed by atoms with Crippen molar-refractivity contribution in [3.05, 3.63) is 64.5 Å². The molecule has 0 bridgehead atoms. The lowest BCUT2D eigenvalue weighted by Gasteiger charge is -2.35. The minimum atomic E-state index is -0.831. The Bertz CT molecular complexity index is 1620. The van der Waals surface area contributed by atoms with E-state index in [0.29, 0.717) is 34.6 Å². The molecule has 2 aliphatic rings. The van der Waals surface area contributed by atoms with Gasteiger partial charge in [0.1, 0.15) is 11.6 Å². The van der Waals surface area contributed by atoms with Crippen LogP contribution in [-0.4, -0.2) is 51.0 Å². The van der Waals surface area contributed by atoms with Crippen molar-refractivity contribution >= 4 is 34.2 Å². The van der Waals surface area contributed by atoms with Gasteiger partial charge in [-0.2, -0.15) is 10.2 Å². The molecule has 4 aromatic rings. The number of anilines is 2. The Balaban J connectivity index is 1.43. The summed E-state index contributed by atoms with van der Waals surface area (Å²) >= 11 is 0. The number of nitrogens with zero attached hydrogens (tertiary/aromatic N) is 6. The van der Waals surface area contributed by atoms with Crippen LogP contribution in [0.15, 0.2) is 30.5 Å². The van der Waals surface area contributed by atoms with Gasteiger partial charge in [0.2, 0.25) is 0 Å². The molecule has 1 N–H and O–H groups in total. The molecular weight excluding hydrogens is 492 g/mol. The van der Waals surface area contributed by atoms with Crippen molar-refractivity contribution in [1.82, 2.24) is 24.9 Å². The molecule has 0 saturated carbocycles. The summed E-state index contributed by atoms with van der Waals surface area (Å²) in [6, 6.07) is 6.44. The van der Waals surface area contributed by atoms with E-state index in [0.717, 1.165) is 17.8 Å². The fourth-order valence-corrected chi connectivity index (χ4v) is 5.54. The summed E-state index contributed by atoms with van der Waals surface area (Å²) in [5.74, 6) is -2.02. The fraction of sp³-hybridized carbons (Fsp3) is 0.333. The van der Waals surface area contributed by atoms with Crippen LogP contribution in [0.1, 0.15) is 35.3 Å². The number of carbonyl (C=O) groups excluding carboxylic acids is 2. The van der Waals surface area contributed by atoms with Gasteiger partial charge in [-0.25, -0.2) is 13.5 Å². The van der Waals surface area contributed by atoms with Gasteiger partial charge in [0.05, 0.1) is 34.2 Å². The number of benzene rings is 2. The first-order valence-electron chi connectivity index (χ1n) is 12.5. The first kappa shape index (κ1) is 24.2. The van der Waals surface area contributed by atoms with Crippen molar-refractivity contribution in [3.63, 3.8) is 0 Å².